The van der Waals surface area contributed by atoms with Crippen LogP contribution in [0.1, 0.15) is 44.9 Å². The van der Waals surface area contributed by atoms with Crippen LogP contribution in [0.5, 0.6) is 0 Å². The highest BCUT2D eigenvalue weighted by Gasteiger charge is 2.46. The van der Waals surface area contributed by atoms with Crippen LogP contribution < -0.4 is 5.32 Å². The van der Waals surface area contributed by atoms with Gasteiger partial charge in [0.25, 0.3) is 0 Å². The van der Waals surface area contributed by atoms with E-state index < -0.39 is 16.1 Å². The number of alkyl carbamates (subject to hydrolysis) is 1. The first-order chi connectivity index (χ1) is 15.9. The summed E-state index contributed by atoms with van der Waals surface area (Å²) in [6.45, 7) is 1.45. The van der Waals surface area contributed by atoms with Crippen LogP contribution in [0.25, 0.3) is 0 Å². The van der Waals surface area contributed by atoms with Gasteiger partial charge in [0.15, 0.2) is 5.78 Å². The first kappa shape index (κ1) is 25.2. The average molecular weight is 475 g/mol. The smallest absolute Gasteiger partial charge is 0.406 e. The van der Waals surface area contributed by atoms with E-state index >= 15 is 0 Å². The summed E-state index contributed by atoms with van der Waals surface area (Å²) < 4.78 is 32.6. The lowest BCUT2D eigenvalue weighted by atomic mass is 9.64. The molecule has 0 spiro atoms. The Hall–Kier alpha value is -2.45. The number of hydrogen-bond acceptors (Lipinski definition) is 5. The Labute approximate surface area is 196 Å². The van der Waals surface area contributed by atoms with Crippen LogP contribution in [0, 0.1) is 11.3 Å². The molecule has 7 nitrogen and oxygen atoms in total. The summed E-state index contributed by atoms with van der Waals surface area (Å²) in [5.41, 5.74) is -0.317. The van der Waals surface area contributed by atoms with E-state index in [2.05, 4.69) is 22.2 Å². The minimum atomic E-state index is -3.56. The second kappa shape index (κ2) is 11.6. The number of sulfonamides is 1. The highest BCUT2D eigenvalue weighted by Crippen LogP contribution is 2.46. The molecule has 0 bridgehead atoms. The van der Waals surface area contributed by atoms with Gasteiger partial charge in [-0.3, -0.25) is 4.79 Å². The van der Waals surface area contributed by atoms with Crippen LogP contribution in [-0.2, 0) is 19.6 Å². The normalized spacial score (nSPS) is 23.4. The van der Waals surface area contributed by atoms with Gasteiger partial charge in [-0.05, 0) is 62.7 Å². The number of hydrogen-bond donors (Lipinski definition) is 1. The van der Waals surface area contributed by atoms with Crippen molar-refractivity contribution >= 4 is 21.9 Å². The minimum absolute atomic E-state index is 0.131. The fraction of sp³-hybridized carbons (Fsp3) is 0.520. The maximum absolute atomic E-state index is 13.2. The standard InChI is InChI=1S/C25H34N2O5S/c1-32-24(29)26-17-10-5-3-2-4-9-15-25-16-13-22(28)19-21(25)14-18-27(20-25)33(30,31)23-11-7-6-8-12-23/h2,4,6-8,11-13,16,21H,3,5,9-10,14-15,17-20H2,1H3,(H,26,29)/b4-2+/t21-,25-/m0/s1. The molecule has 0 saturated carbocycles. The van der Waals surface area contributed by atoms with Crippen molar-refractivity contribution in [3.05, 3.63) is 54.6 Å². The highest BCUT2D eigenvalue weighted by atomic mass is 32.2. The summed E-state index contributed by atoms with van der Waals surface area (Å²) in [7, 11) is -2.21. The average Bonchev–Trinajstić information content (AvgIpc) is 2.83. The number of piperidine rings is 1. The minimum Gasteiger partial charge on any atom is -0.453 e. The molecular formula is C25H34N2O5S. The maximum Gasteiger partial charge on any atom is 0.406 e. The van der Waals surface area contributed by atoms with Gasteiger partial charge in [0.2, 0.25) is 10.0 Å². The van der Waals surface area contributed by atoms with E-state index in [4.69, 9.17) is 0 Å². The molecule has 0 aromatic heterocycles. The number of fused-ring (bicyclic) bond motifs is 1. The number of methoxy groups -OCH3 is 1. The van der Waals surface area contributed by atoms with Gasteiger partial charge in [0.05, 0.1) is 12.0 Å². The first-order valence-corrected chi connectivity index (χ1v) is 13.1. The molecule has 2 atom stereocenters. The lowest BCUT2D eigenvalue weighted by molar-refractivity contribution is -0.117. The van der Waals surface area contributed by atoms with Gasteiger partial charge in [-0.1, -0.05) is 36.4 Å². The van der Waals surface area contributed by atoms with E-state index in [-0.39, 0.29) is 17.1 Å². The van der Waals surface area contributed by atoms with Crippen LogP contribution in [0.15, 0.2) is 59.5 Å². The number of rotatable bonds is 10. The van der Waals surface area contributed by atoms with Crippen LogP contribution in [0.2, 0.25) is 0 Å². The predicted molar refractivity (Wildman–Crippen MR) is 127 cm³/mol. The van der Waals surface area contributed by atoms with E-state index in [9.17, 15) is 18.0 Å². The van der Waals surface area contributed by atoms with E-state index in [1.54, 1.807) is 34.6 Å². The van der Waals surface area contributed by atoms with Gasteiger partial charge < -0.3 is 10.1 Å². The molecule has 1 amide bonds. The number of unbranched alkanes of at least 4 members (excludes halogenated alkanes) is 2. The zero-order valence-electron chi connectivity index (χ0n) is 19.2. The Bertz CT molecular complexity index is 974. The van der Waals surface area contributed by atoms with E-state index in [1.807, 2.05) is 12.1 Å². The number of amides is 1. The fourth-order valence-electron chi connectivity index (χ4n) is 4.74. The van der Waals surface area contributed by atoms with Gasteiger partial charge in [-0.15, -0.1) is 0 Å². The van der Waals surface area contributed by atoms with Crippen molar-refractivity contribution in [3.8, 4) is 0 Å². The summed E-state index contributed by atoms with van der Waals surface area (Å²) in [5, 5.41) is 2.67. The lowest BCUT2D eigenvalue weighted by Crippen LogP contribution is -2.51. The van der Waals surface area contributed by atoms with E-state index in [1.165, 1.54) is 7.11 Å². The zero-order chi connectivity index (χ0) is 23.7. The van der Waals surface area contributed by atoms with Crippen molar-refractivity contribution in [3.63, 3.8) is 0 Å². The van der Waals surface area contributed by atoms with Crippen molar-refractivity contribution in [2.45, 2.75) is 49.8 Å². The second-order valence-electron chi connectivity index (χ2n) is 8.80. The molecule has 8 heteroatoms. The fourth-order valence-corrected chi connectivity index (χ4v) is 6.29. The molecule has 33 heavy (non-hydrogen) atoms. The van der Waals surface area contributed by atoms with E-state index in [0.29, 0.717) is 37.4 Å². The van der Waals surface area contributed by atoms with Crippen molar-refractivity contribution in [1.82, 2.24) is 9.62 Å². The van der Waals surface area contributed by atoms with Gasteiger partial charge in [0.1, 0.15) is 0 Å². The third-order valence-electron chi connectivity index (χ3n) is 6.64. The zero-order valence-corrected chi connectivity index (χ0v) is 20.1. The molecule has 1 heterocycles. The largest absolute Gasteiger partial charge is 0.453 e. The van der Waals surface area contributed by atoms with Crippen LogP contribution in [0.4, 0.5) is 4.79 Å². The Balaban J connectivity index is 1.58. The molecule has 0 radical (unpaired) electrons. The molecule has 180 valence electrons. The SMILES string of the molecule is COC(=O)NCCCC/C=C/CC[C@@]12C=CC(=O)C[C@@H]1CCN(S(=O)(=O)c1ccccc1)C2. The number of ether oxygens (including phenoxy) is 1. The quantitative estimate of drug-likeness (QED) is 0.408. The molecule has 3 rings (SSSR count). The Kier molecular flexibility index (Phi) is 8.86. The van der Waals surface area contributed by atoms with Crippen LogP contribution in [-0.4, -0.2) is 51.3 Å². The summed E-state index contributed by atoms with van der Waals surface area (Å²) in [4.78, 5) is 23.4. The number of ketones is 1. The molecule has 1 N–H and O–H groups in total. The van der Waals surface area contributed by atoms with Crippen LogP contribution in [0.3, 0.4) is 0 Å². The lowest BCUT2D eigenvalue weighted by Gasteiger charge is -2.47. The first-order valence-electron chi connectivity index (χ1n) is 11.6. The molecule has 1 aliphatic carbocycles. The third kappa shape index (κ3) is 6.54. The number of carbonyl (C=O) groups excluding carboxylic acids is 2. The van der Waals surface area contributed by atoms with Gasteiger partial charge in [-0.25, -0.2) is 13.2 Å². The molecule has 0 unspecified atom stereocenters. The number of benzene rings is 1. The summed E-state index contributed by atoms with van der Waals surface area (Å²) in [6, 6.07) is 8.57. The number of nitrogens with one attached hydrogen (secondary N) is 1. The van der Waals surface area contributed by atoms with Gasteiger partial charge in [-0.2, -0.15) is 4.31 Å². The third-order valence-corrected chi connectivity index (χ3v) is 8.50. The van der Waals surface area contributed by atoms with Crippen molar-refractivity contribution < 1.29 is 22.7 Å². The number of carbonyl (C=O) groups is 2. The Morgan fingerprint density at radius 3 is 2.73 bits per heavy atom. The second-order valence-corrected chi connectivity index (χ2v) is 10.7. The number of allylic oxidation sites excluding steroid dienone is 3. The topological polar surface area (TPSA) is 92.8 Å². The monoisotopic (exact) mass is 474 g/mol. The number of nitrogens with zero attached hydrogens (tertiary/aromatic N) is 1. The molecule has 2 aliphatic rings. The molecular weight excluding hydrogens is 440 g/mol. The van der Waals surface area contributed by atoms with E-state index in [0.717, 1.165) is 32.1 Å². The van der Waals surface area contributed by atoms with Gasteiger partial charge in [0, 0.05) is 31.5 Å². The van der Waals surface area contributed by atoms with Crippen molar-refractivity contribution in [1.29, 1.82) is 0 Å². The molecule has 1 aromatic rings. The Morgan fingerprint density at radius 1 is 1.21 bits per heavy atom. The maximum atomic E-state index is 13.2. The van der Waals surface area contributed by atoms with Crippen molar-refractivity contribution in [2.75, 3.05) is 26.7 Å². The molecule has 1 aromatic carbocycles. The van der Waals surface area contributed by atoms with Crippen LogP contribution >= 0.6 is 0 Å². The Morgan fingerprint density at radius 2 is 1.97 bits per heavy atom. The van der Waals surface area contributed by atoms with Crippen molar-refractivity contribution in [2.24, 2.45) is 11.3 Å². The summed E-state index contributed by atoms with van der Waals surface area (Å²) in [6.07, 6.45) is 13.1. The summed E-state index contributed by atoms with van der Waals surface area (Å²) in [5.74, 6) is 0.307. The predicted octanol–water partition coefficient (Wildman–Crippen LogP) is 4.08. The summed E-state index contributed by atoms with van der Waals surface area (Å²) >= 11 is 0. The molecule has 1 fully saturated rings. The van der Waals surface area contributed by atoms with Gasteiger partial charge >= 0.3 is 6.09 Å². The molecule has 1 aliphatic heterocycles. The molecule has 1 saturated heterocycles. The highest BCUT2D eigenvalue weighted by molar-refractivity contribution is 7.89.